The molecule has 102 valence electrons. The lowest BCUT2D eigenvalue weighted by Crippen LogP contribution is -2.45. The van der Waals surface area contributed by atoms with E-state index < -0.39 is 0 Å². The molecular weight excluding hydrogens is 212 g/mol. The Balaban J connectivity index is 2.15. The van der Waals surface area contributed by atoms with Crippen LogP contribution in [-0.2, 0) is 4.74 Å². The summed E-state index contributed by atoms with van der Waals surface area (Å²) in [6.07, 6.45) is 4.20. The van der Waals surface area contributed by atoms with Crippen LogP contribution < -0.4 is 5.32 Å². The molecule has 1 rings (SSSR count). The van der Waals surface area contributed by atoms with Crippen molar-refractivity contribution in [3.05, 3.63) is 0 Å². The van der Waals surface area contributed by atoms with Crippen LogP contribution in [0, 0.1) is 5.92 Å². The maximum absolute atomic E-state index is 5.47. The molecule has 0 aliphatic carbocycles. The molecule has 1 aliphatic heterocycles. The number of hydrogen-bond donors (Lipinski definition) is 1. The second-order valence-electron chi connectivity index (χ2n) is 5.73. The van der Waals surface area contributed by atoms with Crippen molar-refractivity contribution in [1.82, 2.24) is 10.2 Å². The van der Waals surface area contributed by atoms with Crippen LogP contribution in [0.15, 0.2) is 0 Å². The number of nitrogens with zero attached hydrogens (tertiary/aromatic N) is 1. The topological polar surface area (TPSA) is 24.5 Å². The van der Waals surface area contributed by atoms with E-state index in [2.05, 4.69) is 31.0 Å². The number of methoxy groups -OCH3 is 1. The van der Waals surface area contributed by atoms with Crippen molar-refractivity contribution in [2.24, 2.45) is 5.92 Å². The summed E-state index contributed by atoms with van der Waals surface area (Å²) in [5.41, 5.74) is 0. The molecule has 3 nitrogen and oxygen atoms in total. The zero-order valence-corrected chi connectivity index (χ0v) is 12.0. The highest BCUT2D eigenvalue weighted by atomic mass is 16.5. The number of rotatable bonds is 7. The Morgan fingerprint density at radius 3 is 2.76 bits per heavy atom. The Hall–Kier alpha value is -0.120. The third-order valence-electron chi connectivity index (χ3n) is 3.66. The van der Waals surface area contributed by atoms with E-state index in [0.29, 0.717) is 12.1 Å². The Labute approximate surface area is 107 Å². The van der Waals surface area contributed by atoms with Gasteiger partial charge in [-0.15, -0.1) is 0 Å². The minimum Gasteiger partial charge on any atom is -0.380 e. The number of nitrogens with one attached hydrogen (secondary N) is 1. The molecule has 0 bridgehead atoms. The maximum Gasteiger partial charge on any atom is 0.0698 e. The summed E-state index contributed by atoms with van der Waals surface area (Å²) in [6.45, 7) is 11.5. The number of piperidine rings is 1. The van der Waals surface area contributed by atoms with Crippen molar-refractivity contribution < 1.29 is 4.74 Å². The van der Waals surface area contributed by atoms with Crippen LogP contribution >= 0.6 is 0 Å². The number of hydrogen-bond acceptors (Lipinski definition) is 3. The average molecular weight is 242 g/mol. The summed E-state index contributed by atoms with van der Waals surface area (Å²) in [4.78, 5) is 2.58. The first-order valence-electron chi connectivity index (χ1n) is 7.11. The van der Waals surface area contributed by atoms with Gasteiger partial charge < -0.3 is 10.1 Å². The molecule has 0 amide bonds. The van der Waals surface area contributed by atoms with Gasteiger partial charge in [0.1, 0.15) is 0 Å². The maximum atomic E-state index is 5.47. The van der Waals surface area contributed by atoms with Crippen LogP contribution in [0.4, 0.5) is 0 Å². The van der Waals surface area contributed by atoms with Crippen molar-refractivity contribution in [3.63, 3.8) is 0 Å². The fourth-order valence-electron chi connectivity index (χ4n) is 2.44. The molecule has 1 heterocycles. The van der Waals surface area contributed by atoms with Gasteiger partial charge in [-0.1, -0.05) is 13.8 Å². The normalized spacial score (nSPS) is 24.2. The van der Waals surface area contributed by atoms with Crippen LogP contribution in [0.3, 0.4) is 0 Å². The standard InChI is InChI=1S/C14H30N2O/c1-12(2)10-15-8-7-13(3)16-9-5-6-14(11-16)17-4/h12-15H,5-11H2,1-4H3. The predicted octanol–water partition coefficient (Wildman–Crippen LogP) is 2.12. The molecular formula is C14H30N2O. The molecule has 0 aromatic rings. The molecule has 1 saturated heterocycles. The van der Waals surface area contributed by atoms with Crippen LogP contribution in [0.2, 0.25) is 0 Å². The van der Waals surface area contributed by atoms with E-state index in [1.165, 1.54) is 25.8 Å². The second kappa shape index (κ2) is 8.06. The van der Waals surface area contributed by atoms with E-state index >= 15 is 0 Å². The SMILES string of the molecule is COC1CCCN(C(C)CCNCC(C)C)C1. The summed E-state index contributed by atoms with van der Waals surface area (Å²) in [5, 5.41) is 3.52. The Morgan fingerprint density at radius 2 is 2.12 bits per heavy atom. The van der Waals surface area contributed by atoms with Crippen molar-refractivity contribution >= 4 is 0 Å². The molecule has 0 aromatic heterocycles. The molecule has 0 aromatic carbocycles. The number of likely N-dealkylation sites (tertiary alicyclic amines) is 1. The molecule has 1 N–H and O–H groups in total. The minimum absolute atomic E-state index is 0.454. The first-order chi connectivity index (χ1) is 8.13. The first-order valence-corrected chi connectivity index (χ1v) is 7.11. The van der Waals surface area contributed by atoms with Crippen molar-refractivity contribution in [2.75, 3.05) is 33.3 Å². The van der Waals surface area contributed by atoms with Gasteiger partial charge in [-0.05, 0) is 51.7 Å². The molecule has 0 radical (unpaired) electrons. The van der Waals surface area contributed by atoms with E-state index in [-0.39, 0.29) is 0 Å². The average Bonchev–Trinajstić information content (AvgIpc) is 2.34. The predicted molar refractivity (Wildman–Crippen MR) is 73.4 cm³/mol. The largest absolute Gasteiger partial charge is 0.380 e. The lowest BCUT2D eigenvalue weighted by atomic mass is 10.0. The van der Waals surface area contributed by atoms with E-state index in [1.807, 2.05) is 7.11 Å². The fraction of sp³-hybridized carbons (Fsp3) is 1.00. The highest BCUT2D eigenvalue weighted by Crippen LogP contribution is 2.16. The van der Waals surface area contributed by atoms with Gasteiger partial charge in [-0.3, -0.25) is 4.90 Å². The Morgan fingerprint density at radius 1 is 1.35 bits per heavy atom. The van der Waals surface area contributed by atoms with E-state index in [4.69, 9.17) is 4.74 Å². The lowest BCUT2D eigenvalue weighted by molar-refractivity contribution is 0.0162. The van der Waals surface area contributed by atoms with Gasteiger partial charge in [0.2, 0.25) is 0 Å². The van der Waals surface area contributed by atoms with Gasteiger partial charge in [-0.2, -0.15) is 0 Å². The van der Waals surface area contributed by atoms with Crippen molar-refractivity contribution in [2.45, 2.75) is 52.2 Å². The summed E-state index contributed by atoms with van der Waals surface area (Å²) in [7, 11) is 1.84. The van der Waals surface area contributed by atoms with Gasteiger partial charge in [-0.25, -0.2) is 0 Å². The van der Waals surface area contributed by atoms with Crippen LogP contribution in [0.5, 0.6) is 0 Å². The molecule has 2 atom stereocenters. The van der Waals surface area contributed by atoms with Crippen LogP contribution in [0.1, 0.15) is 40.0 Å². The highest BCUT2D eigenvalue weighted by molar-refractivity contribution is 4.77. The molecule has 3 heteroatoms. The van der Waals surface area contributed by atoms with Gasteiger partial charge in [0.05, 0.1) is 6.10 Å². The molecule has 1 aliphatic rings. The fourth-order valence-corrected chi connectivity index (χ4v) is 2.44. The monoisotopic (exact) mass is 242 g/mol. The summed E-state index contributed by atoms with van der Waals surface area (Å²) >= 11 is 0. The summed E-state index contributed by atoms with van der Waals surface area (Å²) in [6, 6.07) is 0.674. The van der Waals surface area contributed by atoms with Crippen LogP contribution in [-0.4, -0.2) is 50.3 Å². The molecule has 0 spiro atoms. The van der Waals surface area contributed by atoms with Crippen LogP contribution in [0.25, 0.3) is 0 Å². The van der Waals surface area contributed by atoms with Gasteiger partial charge in [0, 0.05) is 19.7 Å². The minimum atomic E-state index is 0.454. The van der Waals surface area contributed by atoms with Gasteiger partial charge in [0.25, 0.3) is 0 Å². The summed E-state index contributed by atoms with van der Waals surface area (Å²) in [5.74, 6) is 0.748. The third-order valence-corrected chi connectivity index (χ3v) is 3.66. The summed E-state index contributed by atoms with van der Waals surface area (Å²) < 4.78 is 5.47. The van der Waals surface area contributed by atoms with Crippen molar-refractivity contribution in [3.8, 4) is 0 Å². The van der Waals surface area contributed by atoms with E-state index in [1.54, 1.807) is 0 Å². The van der Waals surface area contributed by atoms with E-state index in [0.717, 1.165) is 25.6 Å². The second-order valence-corrected chi connectivity index (χ2v) is 5.73. The number of ether oxygens (including phenoxy) is 1. The van der Waals surface area contributed by atoms with Gasteiger partial charge >= 0.3 is 0 Å². The van der Waals surface area contributed by atoms with E-state index in [9.17, 15) is 0 Å². The zero-order chi connectivity index (χ0) is 12.7. The lowest BCUT2D eigenvalue weighted by Gasteiger charge is -2.36. The molecule has 1 fully saturated rings. The first kappa shape index (κ1) is 14.9. The quantitative estimate of drug-likeness (QED) is 0.692. The molecule has 0 saturated carbocycles. The van der Waals surface area contributed by atoms with Crippen molar-refractivity contribution in [1.29, 1.82) is 0 Å². The third kappa shape index (κ3) is 5.84. The Bertz CT molecular complexity index is 197. The smallest absolute Gasteiger partial charge is 0.0698 e. The molecule has 2 unspecified atom stereocenters. The molecule has 17 heavy (non-hydrogen) atoms. The highest BCUT2D eigenvalue weighted by Gasteiger charge is 2.22. The van der Waals surface area contributed by atoms with Gasteiger partial charge in [0.15, 0.2) is 0 Å². The zero-order valence-electron chi connectivity index (χ0n) is 12.0. The Kier molecular flexibility index (Phi) is 7.09.